The highest BCUT2D eigenvalue weighted by Crippen LogP contribution is 2.28. The summed E-state index contributed by atoms with van der Waals surface area (Å²) < 4.78 is 19.6. The molecule has 1 aliphatic carbocycles. The Morgan fingerprint density at radius 1 is 1.02 bits per heavy atom. The van der Waals surface area contributed by atoms with E-state index >= 15 is 0 Å². The number of nitrogens with one attached hydrogen (secondary N) is 3. The Hall–Kier alpha value is -3.76. The maximum Gasteiger partial charge on any atom is 0.246 e. The molecule has 1 unspecified atom stereocenters. The van der Waals surface area contributed by atoms with E-state index < -0.39 is 41.9 Å². The molecular formula is C33H43FN4O5. The minimum atomic E-state index is -1.23. The van der Waals surface area contributed by atoms with Crippen LogP contribution in [-0.4, -0.2) is 78.7 Å². The minimum absolute atomic E-state index is 0.0826. The van der Waals surface area contributed by atoms with Gasteiger partial charge in [0.25, 0.3) is 0 Å². The Balaban J connectivity index is 1.65. The predicted octanol–water partition coefficient (Wildman–Crippen LogP) is 2.82. The molecule has 3 amide bonds. The van der Waals surface area contributed by atoms with Crippen molar-refractivity contribution >= 4 is 23.8 Å². The molecule has 9 nitrogen and oxygen atoms in total. The van der Waals surface area contributed by atoms with Crippen LogP contribution in [-0.2, 0) is 20.8 Å². The lowest BCUT2D eigenvalue weighted by Gasteiger charge is -2.37. The van der Waals surface area contributed by atoms with Gasteiger partial charge in [-0.05, 0) is 49.4 Å². The number of fused-ring (bicyclic) bond motifs is 1. The van der Waals surface area contributed by atoms with Crippen LogP contribution in [0.25, 0.3) is 6.08 Å². The van der Waals surface area contributed by atoms with Crippen molar-refractivity contribution in [1.82, 2.24) is 20.9 Å². The molecule has 4 atom stereocenters. The number of likely N-dealkylation sites (N-methyl/N-ethyl adjacent to an activating group) is 1. The van der Waals surface area contributed by atoms with Crippen molar-refractivity contribution in [1.29, 1.82) is 0 Å². The van der Waals surface area contributed by atoms with Crippen molar-refractivity contribution in [2.24, 2.45) is 5.92 Å². The molecule has 43 heavy (non-hydrogen) atoms. The molecule has 4 rings (SSSR count). The van der Waals surface area contributed by atoms with Crippen LogP contribution >= 0.6 is 0 Å². The van der Waals surface area contributed by atoms with Gasteiger partial charge in [-0.3, -0.25) is 14.4 Å². The van der Waals surface area contributed by atoms with Crippen molar-refractivity contribution in [3.63, 3.8) is 0 Å². The van der Waals surface area contributed by atoms with E-state index in [2.05, 4.69) is 16.0 Å². The summed E-state index contributed by atoms with van der Waals surface area (Å²) in [5.41, 5.74) is 1.48. The number of aliphatic hydroxyl groups is 1. The quantitative estimate of drug-likeness (QED) is 0.432. The topological polar surface area (TPSA) is 120 Å². The first-order chi connectivity index (χ1) is 20.7. The molecule has 2 aliphatic rings. The summed E-state index contributed by atoms with van der Waals surface area (Å²) in [4.78, 5) is 42.3. The third kappa shape index (κ3) is 8.87. The van der Waals surface area contributed by atoms with Crippen LogP contribution < -0.4 is 20.7 Å². The van der Waals surface area contributed by atoms with Crippen molar-refractivity contribution in [3.8, 4) is 5.75 Å². The molecule has 1 saturated carbocycles. The zero-order chi connectivity index (χ0) is 30.8. The number of benzene rings is 2. The maximum absolute atomic E-state index is 14.0. The SMILES string of the molecule is CC(O)[C@H]1C(=O)N[C@H](Cc2ccc(F)cc2)C(=O)NC/C=C/c2ccccc2OCCN[C@@H](C2CCCCC2)C(=O)N1C. The van der Waals surface area contributed by atoms with E-state index in [9.17, 15) is 23.9 Å². The molecule has 0 spiro atoms. The van der Waals surface area contributed by atoms with Crippen molar-refractivity contribution in [2.75, 3.05) is 26.7 Å². The zero-order valence-electron chi connectivity index (χ0n) is 24.9. The van der Waals surface area contributed by atoms with Crippen LogP contribution in [0.1, 0.15) is 50.2 Å². The summed E-state index contributed by atoms with van der Waals surface area (Å²) in [6.07, 6.45) is 7.48. The molecule has 1 fully saturated rings. The van der Waals surface area contributed by atoms with E-state index in [1.165, 1.54) is 31.0 Å². The molecule has 0 bridgehead atoms. The predicted molar refractivity (Wildman–Crippen MR) is 163 cm³/mol. The third-order valence-electron chi connectivity index (χ3n) is 8.20. The van der Waals surface area contributed by atoms with Crippen molar-refractivity contribution in [2.45, 2.75) is 69.7 Å². The molecule has 10 heteroatoms. The number of ether oxygens (including phenoxy) is 1. The lowest BCUT2D eigenvalue weighted by atomic mass is 9.83. The van der Waals surface area contributed by atoms with E-state index in [0.29, 0.717) is 24.5 Å². The monoisotopic (exact) mass is 594 g/mol. The lowest BCUT2D eigenvalue weighted by Crippen LogP contribution is -2.61. The molecule has 0 radical (unpaired) electrons. The number of carbonyl (C=O) groups is 3. The van der Waals surface area contributed by atoms with Crippen LogP contribution in [0.3, 0.4) is 0 Å². The Kier molecular flexibility index (Phi) is 11.7. The second-order valence-corrected chi connectivity index (χ2v) is 11.4. The Morgan fingerprint density at radius 2 is 1.74 bits per heavy atom. The summed E-state index contributed by atoms with van der Waals surface area (Å²) in [7, 11) is 1.52. The fourth-order valence-electron chi connectivity index (χ4n) is 5.91. The van der Waals surface area contributed by atoms with E-state index in [1.807, 2.05) is 30.3 Å². The first kappa shape index (κ1) is 32.2. The molecule has 2 aromatic rings. The van der Waals surface area contributed by atoms with Gasteiger partial charge in [-0.15, -0.1) is 0 Å². The van der Waals surface area contributed by atoms with Gasteiger partial charge in [0.15, 0.2) is 0 Å². The number of amides is 3. The van der Waals surface area contributed by atoms with Gasteiger partial charge in [0.05, 0.1) is 12.1 Å². The first-order valence-corrected chi connectivity index (χ1v) is 15.1. The highest BCUT2D eigenvalue weighted by Gasteiger charge is 2.38. The first-order valence-electron chi connectivity index (χ1n) is 15.1. The van der Waals surface area contributed by atoms with Gasteiger partial charge >= 0.3 is 0 Å². The number of aliphatic hydroxyl groups excluding tert-OH is 1. The molecule has 1 heterocycles. The van der Waals surface area contributed by atoms with E-state index in [0.717, 1.165) is 37.7 Å². The van der Waals surface area contributed by atoms with E-state index in [-0.39, 0.29) is 24.8 Å². The molecule has 4 N–H and O–H groups in total. The smallest absolute Gasteiger partial charge is 0.246 e. The van der Waals surface area contributed by atoms with Gasteiger partial charge in [-0.2, -0.15) is 0 Å². The Labute approximate surface area is 252 Å². The molecule has 0 aromatic heterocycles. The molecule has 0 saturated heterocycles. The summed E-state index contributed by atoms with van der Waals surface area (Å²) in [6.45, 7) is 2.38. The highest BCUT2D eigenvalue weighted by molar-refractivity contribution is 5.93. The molecular weight excluding hydrogens is 551 g/mol. The summed E-state index contributed by atoms with van der Waals surface area (Å²) >= 11 is 0. The summed E-state index contributed by atoms with van der Waals surface area (Å²) in [5.74, 6) is -1.04. The summed E-state index contributed by atoms with van der Waals surface area (Å²) in [5, 5.41) is 19.7. The fourth-order valence-corrected chi connectivity index (χ4v) is 5.91. The number of carbonyl (C=O) groups excluding carboxylic acids is 3. The van der Waals surface area contributed by atoms with E-state index in [4.69, 9.17) is 4.74 Å². The van der Waals surface area contributed by atoms with Crippen LogP contribution in [0.2, 0.25) is 0 Å². The Morgan fingerprint density at radius 3 is 2.47 bits per heavy atom. The normalized spacial score (nSPS) is 24.9. The maximum atomic E-state index is 14.0. The molecule has 232 valence electrons. The second kappa shape index (κ2) is 15.6. The average Bonchev–Trinajstić information content (AvgIpc) is 3.00. The number of nitrogens with zero attached hydrogens (tertiary/aromatic N) is 1. The Bertz CT molecular complexity index is 1260. The zero-order valence-corrected chi connectivity index (χ0v) is 24.9. The number of hydrogen-bond acceptors (Lipinski definition) is 6. The molecule has 2 aromatic carbocycles. The largest absolute Gasteiger partial charge is 0.492 e. The van der Waals surface area contributed by atoms with Gasteiger partial charge in [-0.1, -0.05) is 61.7 Å². The highest BCUT2D eigenvalue weighted by atomic mass is 19.1. The summed E-state index contributed by atoms with van der Waals surface area (Å²) in [6, 6.07) is 10.4. The van der Waals surface area contributed by atoms with Crippen LogP contribution in [0, 0.1) is 11.7 Å². The van der Waals surface area contributed by atoms with Gasteiger partial charge in [0.2, 0.25) is 17.7 Å². The van der Waals surface area contributed by atoms with Gasteiger partial charge < -0.3 is 30.7 Å². The number of para-hydroxylation sites is 1. The van der Waals surface area contributed by atoms with Crippen LogP contribution in [0.4, 0.5) is 4.39 Å². The number of rotatable bonds is 4. The standard InChI is InChI=1S/C33H43FN4O5/c1-22(39)30-32(41)37-27(21-23-14-16-26(34)17-15-23)31(40)36-18-8-12-24-9-6-7-13-28(24)43-20-19-35-29(33(42)38(30)2)25-10-4-3-5-11-25/h6-9,12-17,22,25,27,29-30,35,39H,3-5,10-11,18-21H2,1-2H3,(H,36,40)(H,37,41)/b12-8+/t22?,27-,29+,30+/m1/s1. The average molecular weight is 595 g/mol. The second-order valence-electron chi connectivity index (χ2n) is 11.4. The van der Waals surface area contributed by atoms with Gasteiger partial charge in [0, 0.05) is 32.1 Å². The van der Waals surface area contributed by atoms with Crippen molar-refractivity contribution in [3.05, 3.63) is 71.6 Å². The van der Waals surface area contributed by atoms with Crippen molar-refractivity contribution < 1.29 is 28.6 Å². The molecule has 1 aliphatic heterocycles. The van der Waals surface area contributed by atoms with Crippen LogP contribution in [0.5, 0.6) is 5.75 Å². The lowest BCUT2D eigenvalue weighted by molar-refractivity contribution is -0.146. The number of halogens is 1. The van der Waals surface area contributed by atoms with E-state index in [1.54, 1.807) is 18.2 Å². The minimum Gasteiger partial charge on any atom is -0.492 e. The number of hydrogen-bond donors (Lipinski definition) is 4. The third-order valence-corrected chi connectivity index (χ3v) is 8.20. The van der Waals surface area contributed by atoms with Crippen LogP contribution in [0.15, 0.2) is 54.6 Å². The van der Waals surface area contributed by atoms with Gasteiger partial charge in [-0.25, -0.2) is 4.39 Å². The fraction of sp³-hybridized carbons (Fsp3) is 0.485. The van der Waals surface area contributed by atoms with Gasteiger partial charge in [0.1, 0.15) is 30.3 Å².